The highest BCUT2D eigenvalue weighted by Crippen LogP contribution is 2.43. The highest BCUT2D eigenvalue weighted by Gasteiger charge is 2.42. The van der Waals surface area contributed by atoms with Crippen molar-refractivity contribution in [2.45, 2.75) is 52.4 Å². The molecular weight excluding hydrogens is 671 g/mol. The minimum absolute atomic E-state index is 0.00256. The molecule has 9 aromatic rings. The van der Waals surface area contributed by atoms with Crippen molar-refractivity contribution in [3.63, 3.8) is 0 Å². The second kappa shape index (κ2) is 11.2. The third-order valence-corrected chi connectivity index (χ3v) is 11.9. The summed E-state index contributed by atoms with van der Waals surface area (Å²) in [5.74, 6) is 3.48. The molecule has 5 heteroatoms. The van der Waals surface area contributed by atoms with Crippen molar-refractivity contribution >= 4 is 66.7 Å². The minimum atomic E-state index is -0.0181. The highest BCUT2D eigenvalue weighted by molar-refractivity contribution is 6.98. The van der Waals surface area contributed by atoms with E-state index in [9.17, 15) is 0 Å². The van der Waals surface area contributed by atoms with E-state index in [1.807, 2.05) is 0 Å². The average molecular weight is 713 g/mol. The molecule has 0 saturated heterocycles. The molecule has 2 aromatic heterocycles. The Morgan fingerprint density at radius 1 is 0.400 bits per heavy atom. The van der Waals surface area contributed by atoms with E-state index in [4.69, 9.17) is 9.47 Å². The first kappa shape index (κ1) is 32.3. The van der Waals surface area contributed by atoms with Crippen molar-refractivity contribution in [3.05, 3.63) is 151 Å². The molecule has 0 bridgehead atoms. The first-order valence-electron chi connectivity index (χ1n) is 19.4. The molecular formula is C50H41BN2O2. The molecule has 2 aliphatic rings. The number of aromatic nitrogens is 2. The summed E-state index contributed by atoms with van der Waals surface area (Å²) in [7, 11) is 0. The van der Waals surface area contributed by atoms with E-state index >= 15 is 0 Å². The molecule has 0 fully saturated rings. The number of para-hydroxylation sites is 3. The Morgan fingerprint density at radius 3 is 1.38 bits per heavy atom. The van der Waals surface area contributed by atoms with Crippen molar-refractivity contribution in [2.75, 3.05) is 0 Å². The fourth-order valence-electron chi connectivity index (χ4n) is 9.12. The zero-order chi connectivity index (χ0) is 37.4. The number of rotatable bonds is 2. The highest BCUT2D eigenvalue weighted by atomic mass is 16.5. The van der Waals surface area contributed by atoms with E-state index in [1.165, 1.54) is 54.6 Å². The summed E-state index contributed by atoms with van der Waals surface area (Å²) in [6, 6.07) is 50.9. The maximum atomic E-state index is 6.96. The second-order valence-corrected chi connectivity index (χ2v) is 17.4. The van der Waals surface area contributed by atoms with Gasteiger partial charge in [0.25, 0.3) is 6.71 Å². The predicted octanol–water partition coefficient (Wildman–Crippen LogP) is 11.2. The van der Waals surface area contributed by atoms with Crippen LogP contribution in [0.15, 0.2) is 140 Å². The average Bonchev–Trinajstić information content (AvgIpc) is 3.68. The number of hydrogen-bond donors (Lipinski definition) is 0. The van der Waals surface area contributed by atoms with E-state index in [2.05, 4.69) is 190 Å². The van der Waals surface area contributed by atoms with Gasteiger partial charge >= 0.3 is 0 Å². The van der Waals surface area contributed by atoms with Gasteiger partial charge in [0, 0.05) is 44.8 Å². The molecule has 4 heterocycles. The van der Waals surface area contributed by atoms with Crippen LogP contribution in [0, 0.1) is 0 Å². The fourth-order valence-corrected chi connectivity index (χ4v) is 9.12. The van der Waals surface area contributed by atoms with Crippen molar-refractivity contribution in [1.29, 1.82) is 0 Å². The Morgan fingerprint density at radius 2 is 0.873 bits per heavy atom. The van der Waals surface area contributed by atoms with Crippen LogP contribution in [0.5, 0.6) is 23.0 Å². The van der Waals surface area contributed by atoms with Gasteiger partial charge in [-0.1, -0.05) is 120 Å². The SMILES string of the molecule is CC(C)(C)c1ccc2c(c1)B1c3cc(C(C)(C)C)ccc3Oc3cc(-n4c5ccccc5c5cc6c7ccccc7n(-c7ccccc7)c6cc54)cc(c31)O2. The maximum absolute atomic E-state index is 6.96. The molecule has 0 unspecified atom stereocenters. The molecule has 2 aliphatic heterocycles. The Labute approximate surface area is 321 Å². The molecule has 55 heavy (non-hydrogen) atoms. The zero-order valence-corrected chi connectivity index (χ0v) is 32.1. The lowest BCUT2D eigenvalue weighted by atomic mass is 9.34. The lowest BCUT2D eigenvalue weighted by molar-refractivity contribution is 0.463. The largest absolute Gasteiger partial charge is 0.458 e. The van der Waals surface area contributed by atoms with Gasteiger partial charge in [-0.3, -0.25) is 0 Å². The lowest BCUT2D eigenvalue weighted by Crippen LogP contribution is -2.57. The first-order valence-corrected chi connectivity index (χ1v) is 19.4. The normalized spacial score (nSPS) is 13.5. The number of fused-ring (bicyclic) bond motifs is 10. The van der Waals surface area contributed by atoms with E-state index < -0.39 is 0 Å². The molecule has 0 N–H and O–H groups in total. The first-order chi connectivity index (χ1) is 26.5. The predicted molar refractivity (Wildman–Crippen MR) is 230 cm³/mol. The van der Waals surface area contributed by atoms with Crippen LogP contribution in [0.4, 0.5) is 0 Å². The second-order valence-electron chi connectivity index (χ2n) is 17.4. The number of benzene rings is 7. The minimum Gasteiger partial charge on any atom is -0.458 e. The van der Waals surface area contributed by atoms with Gasteiger partial charge in [-0.15, -0.1) is 0 Å². The number of hydrogen-bond acceptors (Lipinski definition) is 2. The quantitative estimate of drug-likeness (QED) is 0.167. The van der Waals surface area contributed by atoms with Crippen molar-refractivity contribution < 1.29 is 9.47 Å². The van der Waals surface area contributed by atoms with Crippen LogP contribution < -0.4 is 25.9 Å². The summed E-state index contributed by atoms with van der Waals surface area (Å²) < 4.78 is 18.7. The summed E-state index contributed by atoms with van der Waals surface area (Å²) in [6.07, 6.45) is 0. The van der Waals surface area contributed by atoms with Crippen LogP contribution in [0.2, 0.25) is 0 Å². The van der Waals surface area contributed by atoms with Crippen LogP contribution in [-0.4, -0.2) is 15.8 Å². The van der Waals surface area contributed by atoms with Gasteiger partial charge < -0.3 is 18.6 Å². The van der Waals surface area contributed by atoms with E-state index in [-0.39, 0.29) is 17.5 Å². The molecule has 11 rings (SSSR count). The molecule has 4 nitrogen and oxygen atoms in total. The molecule has 0 radical (unpaired) electrons. The summed E-state index contributed by atoms with van der Waals surface area (Å²) in [5, 5.41) is 4.91. The molecule has 0 spiro atoms. The Kier molecular flexibility index (Phi) is 6.55. The zero-order valence-electron chi connectivity index (χ0n) is 32.1. The summed E-state index contributed by atoms with van der Waals surface area (Å²) in [6.45, 7) is 13.6. The molecule has 0 saturated carbocycles. The van der Waals surface area contributed by atoms with Gasteiger partial charge in [0.15, 0.2) is 0 Å². The third-order valence-electron chi connectivity index (χ3n) is 11.9. The molecule has 0 atom stereocenters. The molecule has 266 valence electrons. The third kappa shape index (κ3) is 4.72. The Bertz CT molecular complexity index is 2980. The smallest absolute Gasteiger partial charge is 0.260 e. The molecule has 0 aliphatic carbocycles. The van der Waals surface area contributed by atoms with Crippen LogP contribution in [0.25, 0.3) is 55.0 Å². The summed E-state index contributed by atoms with van der Waals surface area (Å²) >= 11 is 0. The van der Waals surface area contributed by atoms with Gasteiger partial charge in [-0.05, 0) is 81.4 Å². The number of ether oxygens (including phenoxy) is 2. The maximum Gasteiger partial charge on any atom is 0.260 e. The topological polar surface area (TPSA) is 28.3 Å². The van der Waals surface area contributed by atoms with Gasteiger partial charge in [-0.25, -0.2) is 0 Å². The van der Waals surface area contributed by atoms with Crippen molar-refractivity contribution in [2.24, 2.45) is 0 Å². The summed E-state index contributed by atoms with van der Waals surface area (Å²) in [4.78, 5) is 0. The van der Waals surface area contributed by atoms with E-state index in [1.54, 1.807) is 0 Å². The van der Waals surface area contributed by atoms with E-state index in [0.717, 1.165) is 50.9 Å². The van der Waals surface area contributed by atoms with Gasteiger partial charge in [0.2, 0.25) is 0 Å². The van der Waals surface area contributed by atoms with Gasteiger partial charge in [0.1, 0.15) is 23.0 Å². The van der Waals surface area contributed by atoms with Crippen molar-refractivity contribution in [1.82, 2.24) is 9.13 Å². The lowest BCUT2D eigenvalue weighted by Gasteiger charge is -2.35. The van der Waals surface area contributed by atoms with Crippen LogP contribution in [-0.2, 0) is 10.8 Å². The van der Waals surface area contributed by atoms with E-state index in [0.29, 0.717) is 0 Å². The van der Waals surface area contributed by atoms with Crippen molar-refractivity contribution in [3.8, 4) is 34.4 Å². The standard InChI is InChI=1S/C50H41BN2O2/c1-49(2,3)30-20-22-44-38(24-30)51-39-25-31(50(4,5)6)21-23-45(39)55-47-27-33(26-46(54-44)48(47)51)53-41-19-13-11-17-35(41)37-28-36-34-16-10-12-18-40(34)52(42(36)29-43(37)53)32-14-8-7-9-15-32/h7-29H,1-6H3. The van der Waals surface area contributed by atoms with Gasteiger partial charge in [0.05, 0.1) is 27.8 Å². The monoisotopic (exact) mass is 712 g/mol. The molecule has 0 amide bonds. The molecule has 7 aromatic carbocycles. The van der Waals surface area contributed by atoms with Gasteiger partial charge in [-0.2, -0.15) is 0 Å². The fraction of sp³-hybridized carbons (Fsp3) is 0.160. The van der Waals surface area contributed by atoms with Crippen LogP contribution >= 0.6 is 0 Å². The summed E-state index contributed by atoms with van der Waals surface area (Å²) in [5.41, 5.74) is 12.8. The Balaban J connectivity index is 1.19. The number of nitrogens with zero attached hydrogens (tertiary/aromatic N) is 2. The van der Waals surface area contributed by atoms with Crippen LogP contribution in [0.3, 0.4) is 0 Å². The Hall–Kier alpha value is -6.20. The van der Waals surface area contributed by atoms with Crippen LogP contribution in [0.1, 0.15) is 52.7 Å².